The maximum atomic E-state index is 12.6. The van der Waals surface area contributed by atoms with Crippen molar-refractivity contribution in [3.63, 3.8) is 0 Å². The van der Waals surface area contributed by atoms with Crippen molar-refractivity contribution in [3.05, 3.63) is 59.2 Å². The molecule has 0 aliphatic rings. The highest BCUT2D eigenvalue weighted by molar-refractivity contribution is 14.0. The first-order chi connectivity index (χ1) is 13.5. The standard InChI is InChI=1S/C20H22F2N4O2.HI/c1-3-24-20(25-12-15-6-4-14(11-23)5-7-15)26-13-16-10-17(27-2)8-9-18(16)28-19(21)22;/h4-10,19H,3,12-13H2,1-2H3,(H2,24,25,26);1H. The van der Waals surface area contributed by atoms with Crippen LogP contribution in [0.3, 0.4) is 0 Å². The van der Waals surface area contributed by atoms with Crippen LogP contribution in [0.15, 0.2) is 47.5 Å². The van der Waals surface area contributed by atoms with Gasteiger partial charge in [0.25, 0.3) is 0 Å². The Hall–Kier alpha value is -2.61. The molecule has 156 valence electrons. The highest BCUT2D eigenvalue weighted by atomic mass is 127. The first kappa shape index (κ1) is 24.4. The van der Waals surface area contributed by atoms with Crippen LogP contribution >= 0.6 is 24.0 Å². The summed E-state index contributed by atoms with van der Waals surface area (Å²) in [5, 5.41) is 15.0. The molecule has 2 N–H and O–H groups in total. The van der Waals surface area contributed by atoms with E-state index in [-0.39, 0.29) is 36.3 Å². The van der Waals surface area contributed by atoms with Crippen molar-refractivity contribution in [2.24, 2.45) is 4.99 Å². The molecule has 29 heavy (non-hydrogen) atoms. The zero-order valence-corrected chi connectivity index (χ0v) is 18.4. The topological polar surface area (TPSA) is 78.7 Å². The van der Waals surface area contributed by atoms with Gasteiger partial charge in [0.2, 0.25) is 0 Å². The van der Waals surface area contributed by atoms with Crippen molar-refractivity contribution in [3.8, 4) is 17.6 Å². The Morgan fingerprint density at radius 3 is 2.48 bits per heavy atom. The molecule has 0 atom stereocenters. The van der Waals surface area contributed by atoms with Crippen molar-refractivity contribution in [1.82, 2.24) is 10.6 Å². The van der Waals surface area contributed by atoms with E-state index in [1.165, 1.54) is 13.2 Å². The van der Waals surface area contributed by atoms with Gasteiger partial charge in [-0.25, -0.2) is 4.99 Å². The Balaban J connectivity index is 0.00000420. The van der Waals surface area contributed by atoms with E-state index in [0.717, 1.165) is 5.56 Å². The van der Waals surface area contributed by atoms with Crippen molar-refractivity contribution in [2.75, 3.05) is 13.7 Å². The number of alkyl halides is 2. The molecular formula is C20H23F2IN4O2. The van der Waals surface area contributed by atoms with Gasteiger partial charge >= 0.3 is 6.61 Å². The lowest BCUT2D eigenvalue weighted by Gasteiger charge is -2.15. The third-order valence-corrected chi connectivity index (χ3v) is 3.78. The molecule has 0 saturated carbocycles. The number of guanidine groups is 1. The molecule has 0 saturated heterocycles. The van der Waals surface area contributed by atoms with Crippen LogP contribution in [0, 0.1) is 11.3 Å². The van der Waals surface area contributed by atoms with Gasteiger partial charge in [0, 0.05) is 18.7 Å². The minimum Gasteiger partial charge on any atom is -0.497 e. The predicted molar refractivity (Wildman–Crippen MR) is 118 cm³/mol. The van der Waals surface area contributed by atoms with E-state index in [1.54, 1.807) is 24.3 Å². The Morgan fingerprint density at radius 1 is 1.17 bits per heavy atom. The quantitative estimate of drug-likeness (QED) is 0.315. The van der Waals surface area contributed by atoms with Gasteiger partial charge in [-0.3, -0.25) is 0 Å². The largest absolute Gasteiger partial charge is 0.497 e. The molecule has 2 aromatic rings. The van der Waals surface area contributed by atoms with Crippen LogP contribution in [0.25, 0.3) is 0 Å². The number of hydrogen-bond acceptors (Lipinski definition) is 4. The first-order valence-corrected chi connectivity index (χ1v) is 8.68. The number of aliphatic imine (C=N–C) groups is 1. The molecule has 0 radical (unpaired) electrons. The summed E-state index contributed by atoms with van der Waals surface area (Å²) in [5.41, 5.74) is 2.05. The summed E-state index contributed by atoms with van der Waals surface area (Å²) in [6.45, 7) is 0.274. The lowest BCUT2D eigenvalue weighted by atomic mass is 10.1. The smallest absolute Gasteiger partial charge is 0.387 e. The minimum absolute atomic E-state index is 0. The summed E-state index contributed by atoms with van der Waals surface area (Å²) >= 11 is 0. The average molecular weight is 516 g/mol. The molecule has 0 spiro atoms. The van der Waals surface area contributed by atoms with Crippen LogP contribution in [0.5, 0.6) is 11.5 Å². The van der Waals surface area contributed by atoms with E-state index in [4.69, 9.17) is 10.00 Å². The molecule has 2 aromatic carbocycles. The van der Waals surface area contributed by atoms with E-state index in [1.807, 2.05) is 19.1 Å². The third kappa shape index (κ3) is 8.11. The molecule has 0 bridgehead atoms. The van der Waals surface area contributed by atoms with Gasteiger partial charge in [0.15, 0.2) is 5.96 Å². The lowest BCUT2D eigenvalue weighted by Crippen LogP contribution is -2.36. The fourth-order valence-corrected chi connectivity index (χ4v) is 2.41. The van der Waals surface area contributed by atoms with Crippen LogP contribution < -0.4 is 20.1 Å². The van der Waals surface area contributed by atoms with Gasteiger partial charge in [0.1, 0.15) is 11.5 Å². The number of halogens is 3. The van der Waals surface area contributed by atoms with Crippen LogP contribution in [-0.2, 0) is 13.1 Å². The zero-order valence-electron chi connectivity index (χ0n) is 16.1. The molecule has 0 aliphatic heterocycles. The highest BCUT2D eigenvalue weighted by Gasteiger charge is 2.11. The van der Waals surface area contributed by atoms with E-state index < -0.39 is 6.61 Å². The Morgan fingerprint density at radius 2 is 1.90 bits per heavy atom. The number of rotatable bonds is 8. The summed E-state index contributed by atoms with van der Waals surface area (Å²) in [5.74, 6) is 1.14. The molecule has 0 heterocycles. The van der Waals surface area contributed by atoms with Gasteiger partial charge in [-0.1, -0.05) is 12.1 Å². The summed E-state index contributed by atoms with van der Waals surface area (Å²) < 4.78 is 35.0. The maximum absolute atomic E-state index is 12.6. The van der Waals surface area contributed by atoms with Gasteiger partial charge in [-0.15, -0.1) is 24.0 Å². The van der Waals surface area contributed by atoms with Crippen LogP contribution in [0.2, 0.25) is 0 Å². The molecule has 2 rings (SSSR count). The van der Waals surface area contributed by atoms with Crippen molar-refractivity contribution >= 4 is 29.9 Å². The Labute approximate surface area is 185 Å². The van der Waals surface area contributed by atoms with Gasteiger partial charge in [-0.05, 0) is 42.8 Å². The summed E-state index contributed by atoms with van der Waals surface area (Å²) in [6, 6.07) is 13.8. The predicted octanol–water partition coefficient (Wildman–Crippen LogP) is 4.04. The average Bonchev–Trinajstić information content (AvgIpc) is 2.71. The second kappa shape index (κ2) is 12.8. The summed E-state index contributed by atoms with van der Waals surface area (Å²) in [6.07, 6.45) is 0. The lowest BCUT2D eigenvalue weighted by molar-refractivity contribution is -0.0504. The maximum Gasteiger partial charge on any atom is 0.387 e. The number of nitriles is 1. The number of benzene rings is 2. The molecule has 0 fully saturated rings. The van der Waals surface area contributed by atoms with Crippen LogP contribution in [0.1, 0.15) is 23.6 Å². The van der Waals surface area contributed by atoms with Crippen molar-refractivity contribution in [2.45, 2.75) is 26.6 Å². The number of methoxy groups -OCH3 is 1. The van der Waals surface area contributed by atoms with E-state index in [2.05, 4.69) is 26.4 Å². The molecular weight excluding hydrogens is 493 g/mol. The summed E-state index contributed by atoms with van der Waals surface area (Å²) in [7, 11) is 1.50. The Bertz CT molecular complexity index is 839. The van der Waals surface area contributed by atoms with E-state index in [9.17, 15) is 8.78 Å². The monoisotopic (exact) mass is 516 g/mol. The minimum atomic E-state index is -2.91. The van der Waals surface area contributed by atoms with Gasteiger partial charge < -0.3 is 20.1 Å². The number of nitrogens with zero attached hydrogens (tertiary/aromatic N) is 2. The normalized spacial score (nSPS) is 10.7. The highest BCUT2D eigenvalue weighted by Crippen LogP contribution is 2.25. The van der Waals surface area contributed by atoms with E-state index in [0.29, 0.717) is 35.9 Å². The molecule has 0 aliphatic carbocycles. The van der Waals surface area contributed by atoms with Crippen molar-refractivity contribution in [1.29, 1.82) is 5.26 Å². The second-order valence-electron chi connectivity index (χ2n) is 5.71. The number of ether oxygens (including phenoxy) is 2. The van der Waals surface area contributed by atoms with Crippen LogP contribution in [0.4, 0.5) is 8.78 Å². The molecule has 0 unspecified atom stereocenters. The number of hydrogen-bond donors (Lipinski definition) is 2. The SMILES string of the molecule is CCNC(=NCc1ccc(C#N)cc1)NCc1cc(OC)ccc1OC(F)F.I. The van der Waals surface area contributed by atoms with Crippen LogP contribution in [-0.4, -0.2) is 26.2 Å². The van der Waals surface area contributed by atoms with Gasteiger partial charge in [0.05, 0.1) is 25.3 Å². The Kier molecular flexibility index (Phi) is 10.8. The van der Waals surface area contributed by atoms with Crippen molar-refractivity contribution < 1.29 is 18.3 Å². The molecule has 0 amide bonds. The fraction of sp³-hybridized carbons (Fsp3) is 0.300. The second-order valence-corrected chi connectivity index (χ2v) is 5.71. The molecule has 0 aromatic heterocycles. The van der Waals surface area contributed by atoms with Gasteiger partial charge in [-0.2, -0.15) is 14.0 Å². The zero-order chi connectivity index (χ0) is 20.4. The van der Waals surface area contributed by atoms with E-state index >= 15 is 0 Å². The summed E-state index contributed by atoms with van der Waals surface area (Å²) in [4.78, 5) is 4.48. The molecule has 6 nitrogen and oxygen atoms in total. The first-order valence-electron chi connectivity index (χ1n) is 8.68. The third-order valence-electron chi connectivity index (χ3n) is 3.78. The fourth-order valence-electron chi connectivity index (χ4n) is 2.41. The molecule has 9 heteroatoms. The number of nitrogens with one attached hydrogen (secondary N) is 2.